The SMILES string of the molecule is O=C(c1cnn(Cc2ccccc2)c1)N(CCO)C1CC1. The maximum absolute atomic E-state index is 12.4. The maximum Gasteiger partial charge on any atom is 0.257 e. The monoisotopic (exact) mass is 285 g/mol. The Bertz CT molecular complexity index is 605. The highest BCUT2D eigenvalue weighted by atomic mass is 16.3. The van der Waals surface area contributed by atoms with Crippen molar-refractivity contribution in [3.8, 4) is 0 Å². The molecule has 1 amide bonds. The van der Waals surface area contributed by atoms with Crippen LogP contribution in [0.2, 0.25) is 0 Å². The number of aliphatic hydroxyl groups excluding tert-OH is 1. The van der Waals surface area contributed by atoms with E-state index in [1.807, 2.05) is 30.3 Å². The number of rotatable bonds is 6. The van der Waals surface area contributed by atoms with Crippen LogP contribution in [0.1, 0.15) is 28.8 Å². The van der Waals surface area contributed by atoms with Crippen molar-refractivity contribution in [1.82, 2.24) is 14.7 Å². The van der Waals surface area contributed by atoms with Gasteiger partial charge in [-0.2, -0.15) is 5.10 Å². The highest BCUT2D eigenvalue weighted by Crippen LogP contribution is 2.27. The topological polar surface area (TPSA) is 58.4 Å². The van der Waals surface area contributed by atoms with E-state index in [2.05, 4.69) is 5.10 Å². The molecule has 0 saturated heterocycles. The Morgan fingerprint density at radius 3 is 2.76 bits per heavy atom. The number of aliphatic hydroxyl groups is 1. The number of carbonyl (C=O) groups is 1. The molecule has 1 N–H and O–H groups in total. The Kier molecular flexibility index (Phi) is 4.01. The van der Waals surface area contributed by atoms with Gasteiger partial charge in [0.25, 0.3) is 5.91 Å². The zero-order chi connectivity index (χ0) is 14.7. The fraction of sp³-hybridized carbons (Fsp3) is 0.375. The van der Waals surface area contributed by atoms with Crippen LogP contribution in [0.3, 0.4) is 0 Å². The molecule has 110 valence electrons. The fourth-order valence-electron chi connectivity index (χ4n) is 2.44. The highest BCUT2D eigenvalue weighted by molar-refractivity contribution is 5.94. The summed E-state index contributed by atoms with van der Waals surface area (Å²) in [6.45, 7) is 1.05. The normalized spacial score (nSPS) is 14.1. The van der Waals surface area contributed by atoms with Crippen LogP contribution in [0.4, 0.5) is 0 Å². The molecule has 0 unspecified atom stereocenters. The average molecular weight is 285 g/mol. The third-order valence-corrected chi connectivity index (χ3v) is 3.66. The van der Waals surface area contributed by atoms with E-state index in [0.29, 0.717) is 24.7 Å². The van der Waals surface area contributed by atoms with Crippen LogP contribution in [-0.2, 0) is 6.54 Å². The first-order valence-corrected chi connectivity index (χ1v) is 7.26. The van der Waals surface area contributed by atoms with Gasteiger partial charge in [0, 0.05) is 18.8 Å². The Hall–Kier alpha value is -2.14. The van der Waals surface area contributed by atoms with Crippen molar-refractivity contribution in [2.75, 3.05) is 13.2 Å². The lowest BCUT2D eigenvalue weighted by Gasteiger charge is -2.20. The number of carbonyl (C=O) groups excluding carboxylic acids is 1. The Morgan fingerprint density at radius 1 is 1.33 bits per heavy atom. The average Bonchev–Trinajstić information content (AvgIpc) is 3.24. The number of benzene rings is 1. The van der Waals surface area contributed by atoms with Crippen LogP contribution in [-0.4, -0.2) is 44.9 Å². The molecule has 5 nitrogen and oxygen atoms in total. The molecule has 21 heavy (non-hydrogen) atoms. The molecule has 1 aromatic heterocycles. The van der Waals surface area contributed by atoms with Gasteiger partial charge in [0.05, 0.1) is 24.9 Å². The molecule has 0 spiro atoms. The van der Waals surface area contributed by atoms with Crippen LogP contribution < -0.4 is 0 Å². The van der Waals surface area contributed by atoms with E-state index < -0.39 is 0 Å². The minimum absolute atomic E-state index is 0.000389. The Labute approximate surface area is 123 Å². The van der Waals surface area contributed by atoms with Gasteiger partial charge in [0.1, 0.15) is 0 Å². The number of amides is 1. The molecule has 1 heterocycles. The van der Waals surface area contributed by atoms with Gasteiger partial charge >= 0.3 is 0 Å². The lowest BCUT2D eigenvalue weighted by atomic mass is 10.2. The van der Waals surface area contributed by atoms with Crippen molar-refractivity contribution in [3.63, 3.8) is 0 Å². The second kappa shape index (κ2) is 6.10. The fourth-order valence-corrected chi connectivity index (χ4v) is 2.44. The van der Waals surface area contributed by atoms with E-state index >= 15 is 0 Å². The van der Waals surface area contributed by atoms with Gasteiger partial charge in [-0.1, -0.05) is 30.3 Å². The number of hydrogen-bond donors (Lipinski definition) is 1. The second-order valence-electron chi connectivity index (χ2n) is 5.37. The quantitative estimate of drug-likeness (QED) is 0.875. The summed E-state index contributed by atoms with van der Waals surface area (Å²) in [6, 6.07) is 10.3. The molecule has 1 saturated carbocycles. The number of hydrogen-bond acceptors (Lipinski definition) is 3. The predicted octanol–water partition coefficient (Wildman–Crippen LogP) is 1.53. The van der Waals surface area contributed by atoms with Crippen LogP contribution in [0.15, 0.2) is 42.7 Å². The van der Waals surface area contributed by atoms with Crippen molar-refractivity contribution in [2.45, 2.75) is 25.4 Å². The van der Waals surface area contributed by atoms with E-state index in [4.69, 9.17) is 5.11 Å². The van der Waals surface area contributed by atoms with E-state index in [0.717, 1.165) is 18.4 Å². The van der Waals surface area contributed by atoms with E-state index in [1.165, 1.54) is 0 Å². The minimum atomic E-state index is -0.0362. The molecular weight excluding hydrogens is 266 g/mol. The van der Waals surface area contributed by atoms with Gasteiger partial charge in [-0.05, 0) is 18.4 Å². The summed E-state index contributed by atoms with van der Waals surface area (Å²) in [6.07, 6.45) is 5.45. The van der Waals surface area contributed by atoms with Gasteiger partial charge in [-0.15, -0.1) is 0 Å². The molecule has 1 aliphatic carbocycles. The molecule has 1 aromatic carbocycles. The molecule has 2 aromatic rings. The van der Waals surface area contributed by atoms with Crippen LogP contribution >= 0.6 is 0 Å². The van der Waals surface area contributed by atoms with Gasteiger partial charge < -0.3 is 10.0 Å². The molecule has 3 rings (SSSR count). The summed E-state index contributed by atoms with van der Waals surface area (Å²) < 4.78 is 1.77. The first-order valence-electron chi connectivity index (χ1n) is 7.26. The lowest BCUT2D eigenvalue weighted by Crippen LogP contribution is -2.35. The Morgan fingerprint density at radius 2 is 2.10 bits per heavy atom. The largest absolute Gasteiger partial charge is 0.395 e. The molecule has 0 radical (unpaired) electrons. The van der Waals surface area contributed by atoms with Crippen molar-refractivity contribution in [3.05, 3.63) is 53.9 Å². The standard InChI is InChI=1S/C16H19N3O2/c20-9-8-19(15-6-7-15)16(21)14-10-17-18(12-14)11-13-4-2-1-3-5-13/h1-5,10,12,15,20H,6-9,11H2. The molecule has 0 aliphatic heterocycles. The van der Waals surface area contributed by atoms with Crippen molar-refractivity contribution >= 4 is 5.91 Å². The van der Waals surface area contributed by atoms with Crippen molar-refractivity contribution < 1.29 is 9.90 Å². The van der Waals surface area contributed by atoms with E-state index in [9.17, 15) is 4.79 Å². The van der Waals surface area contributed by atoms with Gasteiger partial charge in [0.2, 0.25) is 0 Å². The third-order valence-electron chi connectivity index (χ3n) is 3.66. The third kappa shape index (κ3) is 3.31. The number of aromatic nitrogens is 2. The van der Waals surface area contributed by atoms with Crippen molar-refractivity contribution in [1.29, 1.82) is 0 Å². The molecule has 5 heteroatoms. The van der Waals surface area contributed by atoms with Gasteiger partial charge in [-0.3, -0.25) is 9.48 Å². The molecular formula is C16H19N3O2. The van der Waals surface area contributed by atoms with Gasteiger partial charge in [-0.25, -0.2) is 0 Å². The first-order chi connectivity index (χ1) is 10.3. The summed E-state index contributed by atoms with van der Waals surface area (Å²) in [5, 5.41) is 13.4. The summed E-state index contributed by atoms with van der Waals surface area (Å²) in [5.41, 5.74) is 1.74. The predicted molar refractivity (Wildman–Crippen MR) is 78.9 cm³/mol. The molecule has 0 bridgehead atoms. The van der Waals surface area contributed by atoms with E-state index in [-0.39, 0.29) is 12.5 Å². The smallest absolute Gasteiger partial charge is 0.257 e. The molecule has 1 fully saturated rings. The van der Waals surface area contributed by atoms with Crippen molar-refractivity contribution in [2.24, 2.45) is 0 Å². The maximum atomic E-state index is 12.4. The number of nitrogens with zero attached hydrogens (tertiary/aromatic N) is 3. The minimum Gasteiger partial charge on any atom is -0.395 e. The molecule has 0 atom stereocenters. The Balaban J connectivity index is 1.70. The summed E-state index contributed by atoms with van der Waals surface area (Å²) >= 11 is 0. The zero-order valence-corrected chi connectivity index (χ0v) is 11.9. The lowest BCUT2D eigenvalue weighted by molar-refractivity contribution is 0.0707. The van der Waals surface area contributed by atoms with E-state index in [1.54, 1.807) is 22.0 Å². The van der Waals surface area contributed by atoms with Crippen LogP contribution in [0.25, 0.3) is 0 Å². The summed E-state index contributed by atoms with van der Waals surface area (Å²) in [5.74, 6) is -0.0362. The van der Waals surface area contributed by atoms with Crippen LogP contribution in [0.5, 0.6) is 0 Å². The zero-order valence-electron chi connectivity index (χ0n) is 11.9. The van der Waals surface area contributed by atoms with Gasteiger partial charge in [0.15, 0.2) is 0 Å². The highest BCUT2D eigenvalue weighted by Gasteiger charge is 2.33. The second-order valence-corrected chi connectivity index (χ2v) is 5.37. The summed E-state index contributed by atoms with van der Waals surface area (Å²) in [7, 11) is 0. The first kappa shape index (κ1) is 13.8. The summed E-state index contributed by atoms with van der Waals surface area (Å²) in [4.78, 5) is 14.2. The van der Waals surface area contributed by atoms with Crippen LogP contribution in [0, 0.1) is 0 Å². The molecule has 1 aliphatic rings.